The topological polar surface area (TPSA) is 75.4 Å². The van der Waals surface area contributed by atoms with E-state index in [4.69, 9.17) is 9.51 Å². The number of pyridine rings is 1. The molecule has 156 valence electrons. The Bertz CT molecular complexity index is 1040. The highest BCUT2D eigenvalue weighted by Crippen LogP contribution is 2.38. The number of likely N-dealkylation sites (tertiary alicyclic amines) is 1. The number of hydrogen-bond donors (Lipinski definition) is 0. The lowest BCUT2D eigenvalue weighted by Crippen LogP contribution is -2.42. The fourth-order valence-corrected chi connectivity index (χ4v) is 4.32. The second kappa shape index (κ2) is 8.14. The molecular weight excluding hydrogens is 378 g/mol. The van der Waals surface area contributed by atoms with Crippen LogP contribution in [0.2, 0.25) is 0 Å². The van der Waals surface area contributed by atoms with Crippen molar-refractivity contribution in [3.8, 4) is 0 Å². The molecular formula is C23H27N5O2. The lowest BCUT2D eigenvalue weighted by atomic mass is 10.2. The van der Waals surface area contributed by atoms with Gasteiger partial charge in [-0.2, -0.15) is 4.98 Å². The molecule has 2 aromatic heterocycles. The van der Waals surface area contributed by atoms with Crippen LogP contribution in [0, 0.1) is 0 Å². The normalized spacial score (nSPS) is 19.4. The van der Waals surface area contributed by atoms with Crippen molar-refractivity contribution >= 4 is 16.8 Å². The van der Waals surface area contributed by atoms with Gasteiger partial charge in [0.1, 0.15) is 0 Å². The van der Waals surface area contributed by atoms with Crippen LogP contribution in [0.15, 0.2) is 40.9 Å². The number of hydrogen-bond acceptors (Lipinski definition) is 6. The summed E-state index contributed by atoms with van der Waals surface area (Å²) in [7, 11) is 0. The van der Waals surface area contributed by atoms with Crippen LogP contribution in [0.3, 0.4) is 0 Å². The Morgan fingerprint density at radius 2 is 2.03 bits per heavy atom. The molecule has 1 unspecified atom stereocenters. The largest absolute Gasteiger partial charge is 0.339 e. The van der Waals surface area contributed by atoms with Gasteiger partial charge in [0.2, 0.25) is 11.8 Å². The van der Waals surface area contributed by atoms with Crippen molar-refractivity contribution in [2.45, 2.75) is 51.1 Å². The first-order valence-corrected chi connectivity index (χ1v) is 10.8. The van der Waals surface area contributed by atoms with Crippen molar-refractivity contribution in [1.82, 2.24) is 24.9 Å². The monoisotopic (exact) mass is 405 g/mol. The van der Waals surface area contributed by atoms with Crippen LogP contribution >= 0.6 is 0 Å². The van der Waals surface area contributed by atoms with Crippen LogP contribution in [0.5, 0.6) is 0 Å². The van der Waals surface area contributed by atoms with Gasteiger partial charge in [0.25, 0.3) is 0 Å². The molecule has 0 bridgehead atoms. The first-order valence-electron chi connectivity index (χ1n) is 10.8. The zero-order valence-corrected chi connectivity index (χ0v) is 17.3. The van der Waals surface area contributed by atoms with E-state index in [0.717, 1.165) is 61.4 Å². The van der Waals surface area contributed by atoms with Gasteiger partial charge in [0.05, 0.1) is 11.2 Å². The van der Waals surface area contributed by atoms with E-state index >= 15 is 0 Å². The van der Waals surface area contributed by atoms with Crippen LogP contribution in [0.25, 0.3) is 10.9 Å². The molecule has 3 heterocycles. The van der Waals surface area contributed by atoms with Crippen molar-refractivity contribution in [3.63, 3.8) is 0 Å². The molecule has 0 radical (unpaired) electrons. The summed E-state index contributed by atoms with van der Waals surface area (Å²) >= 11 is 0. The highest BCUT2D eigenvalue weighted by atomic mass is 16.5. The molecule has 1 saturated carbocycles. The predicted octanol–water partition coefficient (Wildman–Crippen LogP) is 3.16. The van der Waals surface area contributed by atoms with Gasteiger partial charge >= 0.3 is 0 Å². The van der Waals surface area contributed by atoms with Gasteiger partial charge in [-0.25, -0.2) is 0 Å². The molecule has 1 amide bonds. The van der Waals surface area contributed by atoms with E-state index in [1.54, 1.807) is 6.92 Å². The molecule has 7 nitrogen and oxygen atoms in total. The van der Waals surface area contributed by atoms with Crippen molar-refractivity contribution in [3.05, 3.63) is 53.8 Å². The number of aromatic nitrogens is 3. The number of nitrogens with zero attached hydrogens (tertiary/aromatic N) is 5. The molecule has 2 aliphatic rings. The van der Waals surface area contributed by atoms with Crippen molar-refractivity contribution in [1.29, 1.82) is 0 Å². The number of fused-ring (bicyclic) bond motifs is 1. The van der Waals surface area contributed by atoms with Crippen molar-refractivity contribution in [2.75, 3.05) is 19.6 Å². The number of amides is 1. The standard InChI is InChI=1S/C23H27N5O2/c1-16(29)28(13-11-22-25-23(30-26-22)18-6-7-18)20-10-12-27(15-20)14-19-9-8-17-4-2-3-5-21(17)24-19/h2-5,8-9,18,20H,6-7,10-15H2,1H3. The van der Waals surface area contributed by atoms with Crippen LogP contribution in [0.4, 0.5) is 0 Å². The minimum absolute atomic E-state index is 0.108. The quantitative estimate of drug-likeness (QED) is 0.601. The zero-order chi connectivity index (χ0) is 20.5. The van der Waals surface area contributed by atoms with E-state index in [0.29, 0.717) is 24.7 Å². The van der Waals surface area contributed by atoms with E-state index < -0.39 is 0 Å². The average Bonchev–Trinajstić information content (AvgIpc) is 3.32. The molecule has 0 spiro atoms. The number of carbonyl (C=O) groups excluding carboxylic acids is 1. The van der Waals surface area contributed by atoms with Crippen molar-refractivity contribution < 1.29 is 9.32 Å². The first kappa shape index (κ1) is 19.2. The molecule has 1 aromatic carbocycles. The third-order valence-electron chi connectivity index (χ3n) is 6.12. The summed E-state index contributed by atoms with van der Waals surface area (Å²) in [5.74, 6) is 2.03. The summed E-state index contributed by atoms with van der Waals surface area (Å²) in [6, 6.07) is 12.6. The summed E-state index contributed by atoms with van der Waals surface area (Å²) in [5.41, 5.74) is 2.10. The molecule has 1 saturated heterocycles. The second-order valence-electron chi connectivity index (χ2n) is 8.46. The Balaban J connectivity index is 1.19. The minimum atomic E-state index is 0.108. The molecule has 0 N–H and O–H groups in total. The minimum Gasteiger partial charge on any atom is -0.339 e. The van der Waals surface area contributed by atoms with Crippen molar-refractivity contribution in [2.24, 2.45) is 0 Å². The van der Waals surface area contributed by atoms with Crippen LogP contribution in [-0.2, 0) is 17.8 Å². The Labute approximate surface area is 176 Å². The molecule has 5 rings (SSSR count). The lowest BCUT2D eigenvalue weighted by molar-refractivity contribution is -0.130. The second-order valence-corrected chi connectivity index (χ2v) is 8.46. The molecule has 3 aromatic rings. The third-order valence-corrected chi connectivity index (χ3v) is 6.12. The van der Waals surface area contributed by atoms with E-state index in [2.05, 4.69) is 39.3 Å². The van der Waals surface area contributed by atoms with Gasteiger partial charge in [0.15, 0.2) is 5.82 Å². The molecule has 7 heteroatoms. The summed E-state index contributed by atoms with van der Waals surface area (Å²) in [4.78, 5) is 26.0. The molecule has 2 fully saturated rings. The van der Waals surface area contributed by atoms with Crippen LogP contribution in [0.1, 0.15) is 49.5 Å². The number of benzene rings is 1. The maximum atomic E-state index is 12.3. The lowest BCUT2D eigenvalue weighted by Gasteiger charge is -2.27. The first-order chi connectivity index (χ1) is 14.7. The Morgan fingerprint density at radius 3 is 2.87 bits per heavy atom. The fraction of sp³-hybridized carbons (Fsp3) is 0.478. The van der Waals surface area contributed by atoms with Gasteiger partial charge < -0.3 is 9.42 Å². The van der Waals surface area contributed by atoms with Gasteiger partial charge in [0, 0.05) is 56.9 Å². The smallest absolute Gasteiger partial charge is 0.229 e. The maximum Gasteiger partial charge on any atom is 0.229 e. The fourth-order valence-electron chi connectivity index (χ4n) is 4.32. The molecule has 1 aliphatic carbocycles. The Hall–Kier alpha value is -2.80. The summed E-state index contributed by atoms with van der Waals surface area (Å²) in [6.07, 6.45) is 3.90. The van der Waals surface area contributed by atoms with E-state index in [-0.39, 0.29) is 11.9 Å². The molecule has 30 heavy (non-hydrogen) atoms. The van der Waals surface area contributed by atoms with E-state index in [1.807, 2.05) is 17.0 Å². The molecule has 1 aliphatic heterocycles. The third kappa shape index (κ3) is 4.21. The zero-order valence-electron chi connectivity index (χ0n) is 17.3. The summed E-state index contributed by atoms with van der Waals surface area (Å²) in [5, 5.41) is 5.25. The maximum absolute atomic E-state index is 12.3. The predicted molar refractivity (Wildman–Crippen MR) is 113 cm³/mol. The number of carbonyl (C=O) groups is 1. The van der Waals surface area contributed by atoms with Gasteiger partial charge in [-0.1, -0.05) is 29.4 Å². The van der Waals surface area contributed by atoms with Gasteiger partial charge in [-0.05, 0) is 31.4 Å². The van der Waals surface area contributed by atoms with Gasteiger partial charge in [-0.3, -0.25) is 14.7 Å². The summed E-state index contributed by atoms with van der Waals surface area (Å²) < 4.78 is 5.34. The highest BCUT2D eigenvalue weighted by Gasteiger charge is 2.31. The number of para-hydroxylation sites is 1. The van der Waals surface area contributed by atoms with Gasteiger partial charge in [-0.15, -0.1) is 0 Å². The van der Waals surface area contributed by atoms with Crippen LogP contribution in [-0.4, -0.2) is 56.5 Å². The SMILES string of the molecule is CC(=O)N(CCc1noc(C2CC2)n1)C1CCN(Cc2ccc3ccccc3n2)C1. The highest BCUT2D eigenvalue weighted by molar-refractivity contribution is 5.78. The average molecular weight is 406 g/mol. The Morgan fingerprint density at radius 1 is 1.17 bits per heavy atom. The summed E-state index contributed by atoms with van der Waals surface area (Å²) in [6.45, 7) is 4.93. The Kier molecular flexibility index (Phi) is 5.21. The van der Waals surface area contributed by atoms with E-state index in [9.17, 15) is 4.79 Å². The molecule has 1 atom stereocenters. The van der Waals surface area contributed by atoms with E-state index in [1.165, 1.54) is 0 Å². The number of rotatable bonds is 7. The van der Waals surface area contributed by atoms with Crippen LogP contribution < -0.4 is 0 Å².